The van der Waals surface area contributed by atoms with Gasteiger partial charge in [-0.1, -0.05) is 20.3 Å². The van der Waals surface area contributed by atoms with E-state index in [1.54, 1.807) is 18.2 Å². The molecule has 2 unspecified atom stereocenters. The Hall–Kier alpha value is -2.04. The minimum Gasteiger partial charge on any atom is -0.467 e. The normalized spacial score (nSPS) is 13.4. The number of carbonyl (C=O) groups is 2. The van der Waals surface area contributed by atoms with Gasteiger partial charge in [0.25, 0.3) is 5.91 Å². The summed E-state index contributed by atoms with van der Waals surface area (Å²) >= 11 is 0. The zero-order valence-corrected chi connectivity index (χ0v) is 12.4. The Balaban J connectivity index is 2.90. The number of rotatable bonds is 5. The third kappa shape index (κ3) is 3.73. The summed E-state index contributed by atoms with van der Waals surface area (Å²) in [5.74, 6) is -0.732. The minimum absolute atomic E-state index is 0.00118. The van der Waals surface area contributed by atoms with E-state index >= 15 is 0 Å². The van der Waals surface area contributed by atoms with Crippen LogP contribution in [0, 0.1) is 12.8 Å². The average Bonchev–Trinajstić information content (AvgIpc) is 2.45. The van der Waals surface area contributed by atoms with Crippen molar-refractivity contribution in [3.8, 4) is 0 Å². The number of anilines is 1. The van der Waals surface area contributed by atoms with Crippen molar-refractivity contribution >= 4 is 17.6 Å². The van der Waals surface area contributed by atoms with Gasteiger partial charge in [-0.15, -0.1) is 0 Å². The summed E-state index contributed by atoms with van der Waals surface area (Å²) in [6.45, 7) is 5.69. The Morgan fingerprint density at radius 1 is 1.40 bits per heavy atom. The lowest BCUT2D eigenvalue weighted by atomic mass is 9.98. The van der Waals surface area contributed by atoms with Crippen LogP contribution in [-0.2, 0) is 9.53 Å². The number of nitrogen functional groups attached to an aromatic ring is 1. The van der Waals surface area contributed by atoms with Crippen LogP contribution in [0.1, 0.15) is 36.2 Å². The van der Waals surface area contributed by atoms with E-state index in [2.05, 4.69) is 5.32 Å². The Morgan fingerprint density at radius 3 is 2.55 bits per heavy atom. The highest BCUT2D eigenvalue weighted by Crippen LogP contribution is 2.14. The highest BCUT2D eigenvalue weighted by atomic mass is 16.5. The van der Waals surface area contributed by atoms with Crippen LogP contribution in [-0.4, -0.2) is 25.0 Å². The summed E-state index contributed by atoms with van der Waals surface area (Å²) in [5.41, 5.74) is 7.67. The van der Waals surface area contributed by atoms with Crippen molar-refractivity contribution in [3.63, 3.8) is 0 Å². The topological polar surface area (TPSA) is 81.4 Å². The van der Waals surface area contributed by atoms with Gasteiger partial charge in [0, 0.05) is 11.3 Å². The summed E-state index contributed by atoms with van der Waals surface area (Å²) in [6.07, 6.45) is 0.765. The predicted molar refractivity (Wildman–Crippen MR) is 78.3 cm³/mol. The van der Waals surface area contributed by atoms with E-state index < -0.39 is 12.0 Å². The van der Waals surface area contributed by atoms with E-state index in [9.17, 15) is 9.59 Å². The van der Waals surface area contributed by atoms with Crippen LogP contribution in [0.5, 0.6) is 0 Å². The molecule has 5 heteroatoms. The Kier molecular flexibility index (Phi) is 5.55. The highest BCUT2D eigenvalue weighted by molar-refractivity contribution is 5.97. The Bertz CT molecular complexity index is 500. The number of methoxy groups -OCH3 is 1. The molecule has 110 valence electrons. The SMILES string of the molecule is CCC(C)C(NC(=O)c1ccc(N)c(C)c1)C(=O)OC. The number of esters is 1. The quantitative estimate of drug-likeness (QED) is 0.636. The van der Waals surface area contributed by atoms with Crippen molar-refractivity contribution < 1.29 is 14.3 Å². The molecule has 2 atom stereocenters. The third-order valence-electron chi connectivity index (χ3n) is 3.49. The lowest BCUT2D eigenvalue weighted by Gasteiger charge is -2.22. The number of nitrogens with one attached hydrogen (secondary N) is 1. The van der Waals surface area contributed by atoms with Gasteiger partial charge in [-0.25, -0.2) is 4.79 Å². The van der Waals surface area contributed by atoms with Crippen molar-refractivity contribution in [2.75, 3.05) is 12.8 Å². The lowest BCUT2D eigenvalue weighted by Crippen LogP contribution is -2.45. The predicted octanol–water partition coefficient (Wildman–Crippen LogP) is 1.89. The van der Waals surface area contributed by atoms with E-state index in [0.29, 0.717) is 11.3 Å². The number of hydrogen-bond donors (Lipinski definition) is 2. The molecule has 3 N–H and O–H groups in total. The summed E-state index contributed by atoms with van der Waals surface area (Å²) in [7, 11) is 1.32. The average molecular weight is 278 g/mol. The van der Waals surface area contributed by atoms with Crippen molar-refractivity contribution in [2.24, 2.45) is 5.92 Å². The van der Waals surface area contributed by atoms with Crippen molar-refractivity contribution in [1.29, 1.82) is 0 Å². The van der Waals surface area contributed by atoms with Gasteiger partial charge in [-0.3, -0.25) is 4.79 Å². The molecule has 0 heterocycles. The number of hydrogen-bond acceptors (Lipinski definition) is 4. The molecule has 0 aromatic heterocycles. The second-order valence-corrected chi connectivity index (χ2v) is 4.93. The van der Waals surface area contributed by atoms with Crippen LogP contribution in [0.15, 0.2) is 18.2 Å². The molecule has 1 aromatic rings. The monoisotopic (exact) mass is 278 g/mol. The standard InChI is InChI=1S/C15H22N2O3/c1-5-9(2)13(15(19)20-4)17-14(18)11-6-7-12(16)10(3)8-11/h6-9,13H,5,16H2,1-4H3,(H,17,18). The smallest absolute Gasteiger partial charge is 0.328 e. The molecule has 0 spiro atoms. The maximum Gasteiger partial charge on any atom is 0.328 e. The minimum atomic E-state index is -0.643. The second kappa shape index (κ2) is 6.93. The van der Waals surface area contributed by atoms with Gasteiger partial charge < -0.3 is 15.8 Å². The van der Waals surface area contributed by atoms with Gasteiger partial charge >= 0.3 is 5.97 Å². The van der Waals surface area contributed by atoms with Crippen molar-refractivity contribution in [1.82, 2.24) is 5.32 Å². The zero-order valence-electron chi connectivity index (χ0n) is 12.4. The molecule has 0 aliphatic carbocycles. The summed E-state index contributed by atoms with van der Waals surface area (Å²) in [5, 5.41) is 2.73. The van der Waals surface area contributed by atoms with Gasteiger partial charge in [0.05, 0.1) is 7.11 Å². The molecule has 1 aromatic carbocycles. The van der Waals surface area contributed by atoms with Gasteiger partial charge in [0.2, 0.25) is 0 Å². The summed E-state index contributed by atoms with van der Waals surface area (Å²) in [6, 6.07) is 4.38. The van der Waals surface area contributed by atoms with E-state index in [1.165, 1.54) is 7.11 Å². The van der Waals surface area contributed by atoms with E-state index in [0.717, 1.165) is 12.0 Å². The molecule has 1 amide bonds. The first-order valence-electron chi connectivity index (χ1n) is 6.65. The fourth-order valence-corrected chi connectivity index (χ4v) is 1.84. The summed E-state index contributed by atoms with van der Waals surface area (Å²) in [4.78, 5) is 23.9. The van der Waals surface area contributed by atoms with Gasteiger partial charge in [-0.05, 0) is 36.6 Å². The molecule has 0 saturated heterocycles. The van der Waals surface area contributed by atoms with Gasteiger partial charge in [0.1, 0.15) is 6.04 Å². The fraction of sp³-hybridized carbons (Fsp3) is 0.467. The molecule has 20 heavy (non-hydrogen) atoms. The first-order chi connectivity index (χ1) is 9.40. The van der Waals surface area contributed by atoms with Crippen molar-refractivity contribution in [2.45, 2.75) is 33.2 Å². The van der Waals surface area contributed by atoms with Crippen LogP contribution >= 0.6 is 0 Å². The van der Waals surface area contributed by atoms with Crippen LogP contribution in [0.25, 0.3) is 0 Å². The number of benzene rings is 1. The van der Waals surface area contributed by atoms with Crippen LogP contribution in [0.2, 0.25) is 0 Å². The number of carbonyl (C=O) groups excluding carboxylic acids is 2. The molecule has 0 aliphatic heterocycles. The lowest BCUT2D eigenvalue weighted by molar-refractivity contribution is -0.144. The fourth-order valence-electron chi connectivity index (χ4n) is 1.84. The molecule has 0 radical (unpaired) electrons. The van der Waals surface area contributed by atoms with E-state index in [4.69, 9.17) is 10.5 Å². The molecular weight excluding hydrogens is 256 g/mol. The highest BCUT2D eigenvalue weighted by Gasteiger charge is 2.27. The summed E-state index contributed by atoms with van der Waals surface area (Å²) < 4.78 is 4.74. The van der Waals surface area contributed by atoms with Gasteiger partial charge in [0.15, 0.2) is 0 Å². The maximum atomic E-state index is 12.2. The Morgan fingerprint density at radius 2 is 2.05 bits per heavy atom. The molecular formula is C15H22N2O3. The van der Waals surface area contributed by atoms with Gasteiger partial charge in [-0.2, -0.15) is 0 Å². The Labute approximate surface area is 119 Å². The first kappa shape index (κ1) is 16.0. The van der Waals surface area contributed by atoms with Crippen LogP contribution in [0.4, 0.5) is 5.69 Å². The molecule has 0 aliphatic rings. The third-order valence-corrected chi connectivity index (χ3v) is 3.49. The molecule has 0 bridgehead atoms. The molecule has 1 rings (SSSR count). The molecule has 5 nitrogen and oxygen atoms in total. The van der Waals surface area contributed by atoms with E-state index in [-0.39, 0.29) is 11.8 Å². The molecule has 0 fully saturated rings. The number of aryl methyl sites for hydroxylation is 1. The van der Waals surface area contributed by atoms with Crippen molar-refractivity contribution in [3.05, 3.63) is 29.3 Å². The van der Waals surface area contributed by atoms with Crippen LogP contribution < -0.4 is 11.1 Å². The number of ether oxygens (including phenoxy) is 1. The number of nitrogens with two attached hydrogens (primary N) is 1. The second-order valence-electron chi connectivity index (χ2n) is 4.93. The molecule has 0 saturated carbocycles. The largest absolute Gasteiger partial charge is 0.467 e. The first-order valence-corrected chi connectivity index (χ1v) is 6.65. The van der Waals surface area contributed by atoms with Crippen LogP contribution in [0.3, 0.4) is 0 Å². The number of amides is 1. The maximum absolute atomic E-state index is 12.2. The van der Waals surface area contributed by atoms with E-state index in [1.807, 2.05) is 20.8 Å². The zero-order chi connectivity index (χ0) is 15.3.